The van der Waals surface area contributed by atoms with Crippen LogP contribution in [-0.4, -0.2) is 69.3 Å². The van der Waals surface area contributed by atoms with Crippen LogP contribution in [0.3, 0.4) is 0 Å². The van der Waals surface area contributed by atoms with E-state index >= 15 is 0 Å². The van der Waals surface area contributed by atoms with Crippen molar-refractivity contribution < 1.29 is 9.90 Å². The molecule has 1 amide bonds. The topological polar surface area (TPSA) is 86.0 Å². The van der Waals surface area contributed by atoms with Crippen LogP contribution in [-0.2, 0) is 12.0 Å². The summed E-state index contributed by atoms with van der Waals surface area (Å²) in [5, 5.41) is 20.1. The number of amides is 1. The molecule has 3 aliphatic heterocycles. The van der Waals surface area contributed by atoms with Gasteiger partial charge in [0.05, 0.1) is 11.3 Å². The van der Waals surface area contributed by atoms with Gasteiger partial charge in [-0.05, 0) is 60.4 Å². The van der Waals surface area contributed by atoms with E-state index in [1.165, 1.54) is 0 Å². The number of fused-ring (bicyclic) bond motifs is 2. The maximum Gasteiger partial charge on any atom is 0.253 e. The van der Waals surface area contributed by atoms with E-state index < -0.39 is 5.60 Å². The number of rotatable bonds is 5. The van der Waals surface area contributed by atoms with Crippen molar-refractivity contribution in [1.29, 1.82) is 0 Å². The third-order valence-corrected chi connectivity index (χ3v) is 8.88. The zero-order valence-corrected chi connectivity index (χ0v) is 22.4. The number of nitrogens with zero attached hydrogens (tertiary/aromatic N) is 5. The van der Waals surface area contributed by atoms with Gasteiger partial charge < -0.3 is 20.2 Å². The summed E-state index contributed by atoms with van der Waals surface area (Å²) in [6, 6.07) is 19.9. The third-order valence-electron chi connectivity index (χ3n) is 8.63. The Bertz CT molecular complexity index is 1500. The Hall–Kier alpha value is -3.46. The third kappa shape index (κ3) is 4.56. The van der Waals surface area contributed by atoms with Crippen LogP contribution in [0.25, 0.3) is 5.65 Å². The van der Waals surface area contributed by atoms with E-state index in [0.717, 1.165) is 53.5 Å². The van der Waals surface area contributed by atoms with Gasteiger partial charge >= 0.3 is 0 Å². The number of pyridine rings is 1. The molecule has 5 heterocycles. The number of nitrogens with one attached hydrogen (secondary N) is 1. The second-order valence-corrected chi connectivity index (χ2v) is 11.5. The Morgan fingerprint density at radius 2 is 1.82 bits per heavy atom. The lowest BCUT2D eigenvalue weighted by molar-refractivity contribution is 0.0118. The van der Waals surface area contributed by atoms with Crippen molar-refractivity contribution in [3.05, 3.63) is 94.4 Å². The van der Waals surface area contributed by atoms with Crippen LogP contribution in [0.5, 0.6) is 0 Å². The molecule has 2 N–H and O–H groups in total. The van der Waals surface area contributed by atoms with Gasteiger partial charge in [-0.1, -0.05) is 35.9 Å². The van der Waals surface area contributed by atoms with E-state index in [4.69, 9.17) is 21.7 Å². The number of aromatic nitrogens is 3. The van der Waals surface area contributed by atoms with Gasteiger partial charge in [0.2, 0.25) is 0 Å². The van der Waals surface area contributed by atoms with Crippen molar-refractivity contribution in [3.8, 4) is 0 Å². The molecule has 2 aromatic carbocycles. The molecule has 8 nitrogen and oxygen atoms in total. The van der Waals surface area contributed by atoms with Crippen LogP contribution in [0.15, 0.2) is 66.9 Å². The molecule has 9 heteroatoms. The Morgan fingerprint density at radius 3 is 2.49 bits per heavy atom. The minimum absolute atomic E-state index is 0.109. The van der Waals surface area contributed by atoms with E-state index in [1.54, 1.807) is 0 Å². The highest BCUT2D eigenvalue weighted by molar-refractivity contribution is 6.30. The lowest BCUT2D eigenvalue weighted by Gasteiger charge is -2.39. The molecule has 2 aromatic heterocycles. The number of halogens is 1. The van der Waals surface area contributed by atoms with E-state index in [-0.39, 0.29) is 5.91 Å². The molecular weight excluding hydrogens is 512 g/mol. The average molecular weight is 543 g/mol. The molecule has 200 valence electrons. The van der Waals surface area contributed by atoms with Gasteiger partial charge in [-0.2, -0.15) is 5.10 Å². The van der Waals surface area contributed by atoms with Gasteiger partial charge in [0.25, 0.3) is 5.91 Å². The summed E-state index contributed by atoms with van der Waals surface area (Å²) in [4.78, 5) is 22.0. The summed E-state index contributed by atoms with van der Waals surface area (Å²) >= 11 is 6.04. The molecule has 0 radical (unpaired) electrons. The molecule has 0 saturated carbocycles. The lowest BCUT2D eigenvalue weighted by atomic mass is 9.84. The van der Waals surface area contributed by atoms with Crippen LogP contribution >= 0.6 is 11.6 Å². The van der Waals surface area contributed by atoms with E-state index in [2.05, 4.69) is 16.3 Å². The number of piperidine rings is 1. The first-order valence-electron chi connectivity index (χ1n) is 13.6. The van der Waals surface area contributed by atoms with Crippen molar-refractivity contribution in [3.63, 3.8) is 0 Å². The minimum Gasteiger partial charge on any atom is -0.385 e. The van der Waals surface area contributed by atoms with Crippen LogP contribution in [0, 0.1) is 5.92 Å². The molecule has 3 fully saturated rings. The molecule has 3 saturated heterocycles. The molecule has 39 heavy (non-hydrogen) atoms. The van der Waals surface area contributed by atoms with Gasteiger partial charge in [-0.25, -0.2) is 9.50 Å². The van der Waals surface area contributed by atoms with Gasteiger partial charge in [0.15, 0.2) is 11.5 Å². The van der Waals surface area contributed by atoms with Crippen molar-refractivity contribution >= 4 is 28.8 Å². The SMILES string of the molecule is O=C(c1ccc(Cc2nc3c(N4CCC(O)(c5ccc(Cl)cc5)CC4)cccn3n2)cc1)N1C[C@H]2CN[C@H]2C1. The molecule has 3 aliphatic rings. The van der Waals surface area contributed by atoms with E-state index in [0.29, 0.717) is 49.3 Å². The second kappa shape index (κ2) is 9.62. The quantitative estimate of drug-likeness (QED) is 0.401. The Labute approximate surface area is 232 Å². The summed E-state index contributed by atoms with van der Waals surface area (Å²) < 4.78 is 1.83. The molecule has 4 aromatic rings. The van der Waals surface area contributed by atoms with Gasteiger partial charge in [-0.15, -0.1) is 0 Å². The van der Waals surface area contributed by atoms with Crippen molar-refractivity contribution in [2.75, 3.05) is 37.6 Å². The molecule has 0 spiro atoms. The van der Waals surface area contributed by atoms with Crippen molar-refractivity contribution in [2.24, 2.45) is 5.92 Å². The standard InChI is InChI=1S/C30H31ClN6O2/c31-24-9-7-23(8-10-24)30(39)11-14-35(15-12-30)26-2-1-13-37-28(26)33-27(34-37)16-20-3-5-21(6-4-20)29(38)36-18-22-17-32-25(22)19-36/h1-10,13,22,25,32,39H,11-12,14-19H2/t22-,25+/m1/s1. The Morgan fingerprint density at radius 1 is 1.05 bits per heavy atom. The predicted octanol–water partition coefficient (Wildman–Crippen LogP) is 3.51. The van der Waals surface area contributed by atoms with Crippen molar-refractivity contribution in [2.45, 2.75) is 30.9 Å². The maximum absolute atomic E-state index is 12.9. The fourth-order valence-corrected chi connectivity index (χ4v) is 6.30. The molecule has 2 atom stereocenters. The maximum atomic E-state index is 12.9. The van der Waals surface area contributed by atoms with Crippen LogP contribution in [0.4, 0.5) is 5.69 Å². The molecule has 0 bridgehead atoms. The largest absolute Gasteiger partial charge is 0.385 e. The van der Waals surface area contributed by atoms with Crippen molar-refractivity contribution in [1.82, 2.24) is 24.8 Å². The monoisotopic (exact) mass is 542 g/mol. The highest BCUT2D eigenvalue weighted by Crippen LogP contribution is 2.36. The molecule has 7 rings (SSSR count). The first-order chi connectivity index (χ1) is 18.9. The number of carbonyl (C=O) groups excluding carboxylic acids is 1. The number of anilines is 1. The first-order valence-corrected chi connectivity index (χ1v) is 14.0. The van der Waals surface area contributed by atoms with Gasteiger partial charge in [0, 0.05) is 67.9 Å². The molecule has 0 unspecified atom stereocenters. The Kier molecular flexibility index (Phi) is 6.06. The normalized spacial score (nSPS) is 22.1. The van der Waals surface area contributed by atoms with Crippen LogP contribution in [0.2, 0.25) is 5.02 Å². The zero-order chi connectivity index (χ0) is 26.6. The number of likely N-dealkylation sites (tertiary alicyclic amines) is 1. The predicted molar refractivity (Wildman–Crippen MR) is 150 cm³/mol. The van der Waals surface area contributed by atoms with E-state index in [9.17, 15) is 9.90 Å². The minimum atomic E-state index is -0.857. The zero-order valence-electron chi connectivity index (χ0n) is 21.6. The van der Waals surface area contributed by atoms with Gasteiger partial charge in [-0.3, -0.25) is 4.79 Å². The fourth-order valence-electron chi connectivity index (χ4n) is 6.17. The summed E-state index contributed by atoms with van der Waals surface area (Å²) in [7, 11) is 0. The average Bonchev–Trinajstić information content (AvgIpc) is 3.49. The smallest absolute Gasteiger partial charge is 0.253 e. The lowest BCUT2D eigenvalue weighted by Crippen LogP contribution is -2.51. The van der Waals surface area contributed by atoms with Gasteiger partial charge in [0.1, 0.15) is 0 Å². The number of carbonyl (C=O) groups is 1. The highest BCUT2D eigenvalue weighted by Gasteiger charge is 2.41. The number of hydrogen-bond acceptors (Lipinski definition) is 6. The van der Waals surface area contributed by atoms with Crippen LogP contribution < -0.4 is 10.2 Å². The fraction of sp³-hybridized carbons (Fsp3) is 0.367. The first kappa shape index (κ1) is 24.6. The second-order valence-electron chi connectivity index (χ2n) is 11.1. The van der Waals surface area contributed by atoms with Crippen LogP contribution in [0.1, 0.15) is 40.2 Å². The summed E-state index contributed by atoms with van der Waals surface area (Å²) in [6.07, 6.45) is 3.75. The summed E-state index contributed by atoms with van der Waals surface area (Å²) in [5.41, 5.74) is 3.68. The molecular formula is C30H31ClN6O2. The number of benzene rings is 2. The highest BCUT2D eigenvalue weighted by atomic mass is 35.5. The Balaban J connectivity index is 1.04. The number of aliphatic hydroxyl groups is 1. The van der Waals surface area contributed by atoms with E-state index in [1.807, 2.05) is 70.2 Å². The molecule has 0 aliphatic carbocycles. The number of hydrogen-bond donors (Lipinski definition) is 2. The summed E-state index contributed by atoms with van der Waals surface area (Å²) in [5.74, 6) is 1.45. The summed E-state index contributed by atoms with van der Waals surface area (Å²) in [6.45, 7) is 4.10.